The van der Waals surface area contributed by atoms with Crippen LogP contribution in [0.5, 0.6) is 0 Å². The molecule has 1 aliphatic carbocycles. The van der Waals surface area contributed by atoms with E-state index in [0.29, 0.717) is 24.9 Å². The van der Waals surface area contributed by atoms with Crippen LogP contribution < -0.4 is 4.90 Å². The van der Waals surface area contributed by atoms with E-state index >= 15 is 0 Å². The quantitative estimate of drug-likeness (QED) is 0.804. The Morgan fingerprint density at radius 2 is 1.89 bits per heavy atom. The number of nitrogens with zero attached hydrogens (tertiary/aromatic N) is 5. The lowest BCUT2D eigenvalue weighted by Crippen LogP contribution is -2.48. The summed E-state index contributed by atoms with van der Waals surface area (Å²) in [5, 5.41) is 0. The summed E-state index contributed by atoms with van der Waals surface area (Å²) in [6, 6.07) is 1.80. The predicted molar refractivity (Wildman–Crippen MR) is 102 cm³/mol. The molecule has 146 valence electrons. The minimum Gasteiger partial charge on any atom is -0.348 e. The minimum atomic E-state index is -0.461. The third-order valence-electron chi connectivity index (χ3n) is 6.62. The molecule has 2 aliphatic heterocycles. The van der Waals surface area contributed by atoms with Crippen molar-refractivity contribution in [1.29, 1.82) is 0 Å². The number of hydrogen-bond donors (Lipinski definition) is 0. The van der Waals surface area contributed by atoms with Gasteiger partial charge in [-0.15, -0.1) is 0 Å². The zero-order chi connectivity index (χ0) is 19.0. The normalized spacial score (nSPS) is 28.3. The number of aromatic nitrogens is 2. The Hall–Kier alpha value is -2.18. The van der Waals surface area contributed by atoms with Crippen LogP contribution in [-0.4, -0.2) is 71.9 Å². The van der Waals surface area contributed by atoms with Crippen molar-refractivity contribution in [2.45, 2.75) is 32.1 Å². The van der Waals surface area contributed by atoms with Crippen LogP contribution in [0, 0.1) is 17.3 Å². The molecule has 2 saturated heterocycles. The van der Waals surface area contributed by atoms with Crippen LogP contribution in [0.1, 0.15) is 32.1 Å². The van der Waals surface area contributed by atoms with E-state index in [1.165, 1.54) is 0 Å². The first kappa shape index (κ1) is 18.2. The summed E-state index contributed by atoms with van der Waals surface area (Å²) in [6.45, 7) is 2.79. The molecule has 0 unspecified atom stereocenters. The van der Waals surface area contributed by atoms with Crippen LogP contribution in [0.4, 0.5) is 5.95 Å². The summed E-state index contributed by atoms with van der Waals surface area (Å²) in [5.74, 6) is 1.46. The van der Waals surface area contributed by atoms with Crippen LogP contribution in [0.25, 0.3) is 0 Å². The van der Waals surface area contributed by atoms with Gasteiger partial charge in [-0.3, -0.25) is 9.59 Å². The van der Waals surface area contributed by atoms with Crippen molar-refractivity contribution < 1.29 is 9.59 Å². The van der Waals surface area contributed by atoms with E-state index in [-0.39, 0.29) is 17.7 Å². The summed E-state index contributed by atoms with van der Waals surface area (Å²) >= 11 is 0. The molecule has 2 amide bonds. The van der Waals surface area contributed by atoms with E-state index in [1.54, 1.807) is 23.4 Å². The summed E-state index contributed by atoms with van der Waals surface area (Å²) in [4.78, 5) is 40.8. The molecular weight excluding hydrogens is 342 g/mol. The fourth-order valence-corrected chi connectivity index (χ4v) is 4.95. The Morgan fingerprint density at radius 3 is 2.52 bits per heavy atom. The monoisotopic (exact) mass is 371 g/mol. The molecule has 3 fully saturated rings. The number of fused-ring (bicyclic) bond motifs is 1. The molecule has 0 aromatic carbocycles. The number of amides is 2. The van der Waals surface area contributed by atoms with Gasteiger partial charge in [-0.2, -0.15) is 0 Å². The lowest BCUT2D eigenvalue weighted by Gasteiger charge is -2.35. The van der Waals surface area contributed by atoms with Gasteiger partial charge in [0.15, 0.2) is 0 Å². The van der Waals surface area contributed by atoms with Crippen molar-refractivity contribution in [1.82, 2.24) is 19.8 Å². The van der Waals surface area contributed by atoms with E-state index in [4.69, 9.17) is 0 Å². The van der Waals surface area contributed by atoms with Gasteiger partial charge in [0.25, 0.3) is 0 Å². The number of anilines is 1. The maximum absolute atomic E-state index is 13.3. The third kappa shape index (κ3) is 3.17. The molecule has 3 heterocycles. The van der Waals surface area contributed by atoms with Gasteiger partial charge >= 0.3 is 0 Å². The van der Waals surface area contributed by atoms with Crippen molar-refractivity contribution in [3.63, 3.8) is 0 Å². The average molecular weight is 371 g/mol. The first-order valence-electron chi connectivity index (χ1n) is 10.0. The van der Waals surface area contributed by atoms with E-state index in [2.05, 4.69) is 14.9 Å². The van der Waals surface area contributed by atoms with Crippen LogP contribution in [-0.2, 0) is 9.59 Å². The van der Waals surface area contributed by atoms with Crippen LogP contribution in [0.2, 0.25) is 0 Å². The summed E-state index contributed by atoms with van der Waals surface area (Å²) < 4.78 is 0. The fourth-order valence-electron chi connectivity index (χ4n) is 4.95. The van der Waals surface area contributed by atoms with E-state index < -0.39 is 5.41 Å². The number of likely N-dealkylation sites (tertiary alicyclic amines) is 1. The second kappa shape index (κ2) is 7.09. The maximum atomic E-state index is 13.3. The van der Waals surface area contributed by atoms with Crippen molar-refractivity contribution in [3.8, 4) is 0 Å². The topological polar surface area (TPSA) is 69.6 Å². The SMILES string of the molecule is CN(C)C(=O)[C@]12CCCN(C(=O)C3CCC3)C[C@H]1CN(c1ncccn1)C2. The highest BCUT2D eigenvalue weighted by Gasteiger charge is 2.54. The Balaban J connectivity index is 1.61. The number of carbonyl (C=O) groups is 2. The standard InChI is InChI=1S/C20H29N5O2/c1-23(2)18(27)20-8-4-11-24(17(26)15-6-3-7-15)12-16(20)13-25(14-20)19-21-9-5-10-22-19/h5,9-10,15-16H,3-4,6-8,11-14H2,1-2H3/t16-,20-/m0/s1. The zero-order valence-electron chi connectivity index (χ0n) is 16.3. The van der Waals surface area contributed by atoms with Gasteiger partial charge in [0.2, 0.25) is 17.8 Å². The van der Waals surface area contributed by atoms with Crippen molar-refractivity contribution in [2.75, 3.05) is 45.2 Å². The van der Waals surface area contributed by atoms with E-state index in [1.807, 2.05) is 19.0 Å². The van der Waals surface area contributed by atoms with Crippen molar-refractivity contribution >= 4 is 17.8 Å². The van der Waals surface area contributed by atoms with Gasteiger partial charge in [0.05, 0.1) is 5.41 Å². The van der Waals surface area contributed by atoms with Gasteiger partial charge in [-0.1, -0.05) is 6.42 Å². The van der Waals surface area contributed by atoms with E-state index in [0.717, 1.165) is 45.2 Å². The molecule has 2 atom stereocenters. The summed E-state index contributed by atoms with van der Waals surface area (Å²) in [6.07, 6.45) is 8.37. The molecular formula is C20H29N5O2. The molecule has 1 aromatic rings. The molecule has 0 spiro atoms. The largest absolute Gasteiger partial charge is 0.348 e. The fraction of sp³-hybridized carbons (Fsp3) is 0.700. The van der Waals surface area contributed by atoms with Crippen LogP contribution >= 0.6 is 0 Å². The number of rotatable bonds is 3. The van der Waals surface area contributed by atoms with Crippen molar-refractivity contribution in [3.05, 3.63) is 18.5 Å². The highest BCUT2D eigenvalue weighted by Crippen LogP contribution is 2.45. The van der Waals surface area contributed by atoms with E-state index in [9.17, 15) is 9.59 Å². The molecule has 7 heteroatoms. The lowest BCUT2D eigenvalue weighted by atomic mass is 9.74. The van der Waals surface area contributed by atoms with Crippen molar-refractivity contribution in [2.24, 2.45) is 17.3 Å². The smallest absolute Gasteiger partial charge is 0.230 e. The highest BCUT2D eigenvalue weighted by molar-refractivity contribution is 5.85. The molecule has 0 N–H and O–H groups in total. The molecule has 3 aliphatic rings. The highest BCUT2D eigenvalue weighted by atomic mass is 16.2. The molecule has 7 nitrogen and oxygen atoms in total. The first-order valence-corrected chi connectivity index (χ1v) is 10.0. The van der Waals surface area contributed by atoms with Gasteiger partial charge in [-0.25, -0.2) is 9.97 Å². The Bertz CT molecular complexity index is 706. The van der Waals surface area contributed by atoms with Crippen LogP contribution in [0.3, 0.4) is 0 Å². The Kier molecular flexibility index (Phi) is 4.78. The lowest BCUT2D eigenvalue weighted by molar-refractivity contribution is -0.143. The Labute approximate surface area is 160 Å². The summed E-state index contributed by atoms with van der Waals surface area (Å²) in [5.41, 5.74) is -0.461. The van der Waals surface area contributed by atoms with Gasteiger partial charge in [0, 0.05) is 64.5 Å². The molecule has 1 saturated carbocycles. The maximum Gasteiger partial charge on any atom is 0.230 e. The first-order chi connectivity index (χ1) is 13.0. The van der Waals surface area contributed by atoms with Gasteiger partial charge < -0.3 is 14.7 Å². The third-order valence-corrected chi connectivity index (χ3v) is 6.62. The molecule has 4 rings (SSSR count). The second-order valence-electron chi connectivity index (χ2n) is 8.50. The summed E-state index contributed by atoms with van der Waals surface area (Å²) in [7, 11) is 3.66. The Morgan fingerprint density at radius 1 is 1.15 bits per heavy atom. The molecule has 27 heavy (non-hydrogen) atoms. The molecule has 0 radical (unpaired) electrons. The number of hydrogen-bond acceptors (Lipinski definition) is 5. The predicted octanol–water partition coefficient (Wildman–Crippen LogP) is 1.41. The van der Waals surface area contributed by atoms with Gasteiger partial charge in [-0.05, 0) is 31.7 Å². The molecule has 0 bridgehead atoms. The van der Waals surface area contributed by atoms with Gasteiger partial charge in [0.1, 0.15) is 0 Å². The number of carbonyl (C=O) groups excluding carboxylic acids is 2. The molecule has 1 aromatic heterocycles. The second-order valence-corrected chi connectivity index (χ2v) is 8.50. The van der Waals surface area contributed by atoms with Crippen LogP contribution in [0.15, 0.2) is 18.5 Å². The minimum absolute atomic E-state index is 0.114. The zero-order valence-corrected chi connectivity index (χ0v) is 16.3. The average Bonchev–Trinajstić information content (AvgIpc) is 2.89.